The first-order valence-corrected chi connectivity index (χ1v) is 9.06. The molecular formula is C19H27N3O2. The van der Waals surface area contributed by atoms with Crippen LogP contribution in [-0.4, -0.2) is 60.4 Å². The standard InChI is InChI=1S/C19H27N3O2/c1-3-9-20-10-12-21(13-11-20)19(24)17-14-15-7-5-6-8-16(15)22(17)18(23)4-2/h5-8,17H,3-4,9-14H2,1-2H3. The molecule has 24 heavy (non-hydrogen) atoms. The second kappa shape index (κ2) is 7.34. The van der Waals surface area contributed by atoms with E-state index in [1.165, 1.54) is 0 Å². The van der Waals surface area contributed by atoms with Crippen molar-refractivity contribution < 1.29 is 9.59 Å². The van der Waals surface area contributed by atoms with Crippen molar-refractivity contribution in [2.24, 2.45) is 0 Å². The van der Waals surface area contributed by atoms with Gasteiger partial charge >= 0.3 is 0 Å². The summed E-state index contributed by atoms with van der Waals surface area (Å²) >= 11 is 0. The minimum absolute atomic E-state index is 0.0305. The number of benzene rings is 1. The molecule has 1 atom stereocenters. The van der Waals surface area contributed by atoms with Crippen LogP contribution < -0.4 is 4.90 Å². The summed E-state index contributed by atoms with van der Waals surface area (Å²) in [7, 11) is 0. The van der Waals surface area contributed by atoms with Gasteiger partial charge in [0.1, 0.15) is 6.04 Å². The molecule has 0 saturated carbocycles. The van der Waals surface area contributed by atoms with Gasteiger partial charge < -0.3 is 4.90 Å². The molecule has 3 rings (SSSR count). The van der Waals surface area contributed by atoms with E-state index < -0.39 is 0 Å². The number of amides is 2. The summed E-state index contributed by atoms with van der Waals surface area (Å²) in [5.74, 6) is 0.132. The van der Waals surface area contributed by atoms with Crippen LogP contribution in [0.25, 0.3) is 0 Å². The molecule has 2 aliphatic heterocycles. The van der Waals surface area contributed by atoms with Crippen molar-refractivity contribution in [1.29, 1.82) is 0 Å². The first-order valence-electron chi connectivity index (χ1n) is 9.06. The number of carbonyl (C=O) groups is 2. The number of hydrogen-bond donors (Lipinski definition) is 0. The van der Waals surface area contributed by atoms with E-state index in [1.54, 1.807) is 4.90 Å². The highest BCUT2D eigenvalue weighted by atomic mass is 16.2. The van der Waals surface area contributed by atoms with E-state index in [0.717, 1.165) is 50.4 Å². The summed E-state index contributed by atoms with van der Waals surface area (Å²) in [5.41, 5.74) is 2.01. The van der Waals surface area contributed by atoms with Crippen LogP contribution in [0.15, 0.2) is 24.3 Å². The summed E-state index contributed by atoms with van der Waals surface area (Å²) in [5, 5.41) is 0. The van der Waals surface area contributed by atoms with Crippen molar-refractivity contribution in [3.63, 3.8) is 0 Å². The highest BCUT2D eigenvalue weighted by molar-refractivity contribution is 6.03. The first kappa shape index (κ1) is 17.0. The van der Waals surface area contributed by atoms with E-state index in [2.05, 4.69) is 11.8 Å². The monoisotopic (exact) mass is 329 g/mol. The molecule has 1 saturated heterocycles. The molecule has 1 aromatic carbocycles. The van der Waals surface area contributed by atoms with Crippen LogP contribution in [0.2, 0.25) is 0 Å². The van der Waals surface area contributed by atoms with E-state index in [1.807, 2.05) is 36.1 Å². The molecule has 2 aliphatic rings. The maximum atomic E-state index is 13.1. The van der Waals surface area contributed by atoms with Gasteiger partial charge in [-0.25, -0.2) is 0 Å². The lowest BCUT2D eigenvalue weighted by molar-refractivity contribution is -0.136. The van der Waals surface area contributed by atoms with Gasteiger partial charge in [-0.3, -0.25) is 19.4 Å². The fraction of sp³-hybridized carbons (Fsp3) is 0.579. The molecule has 0 aliphatic carbocycles. The zero-order valence-corrected chi connectivity index (χ0v) is 14.7. The number of carbonyl (C=O) groups excluding carboxylic acids is 2. The van der Waals surface area contributed by atoms with Gasteiger partial charge in [-0.1, -0.05) is 32.0 Å². The minimum Gasteiger partial charge on any atom is -0.338 e. The SMILES string of the molecule is CCCN1CCN(C(=O)C2Cc3ccccc3N2C(=O)CC)CC1. The fourth-order valence-corrected chi connectivity index (χ4v) is 3.78. The third-order valence-electron chi connectivity index (χ3n) is 5.06. The van der Waals surface area contributed by atoms with Gasteiger partial charge in [0, 0.05) is 44.7 Å². The van der Waals surface area contributed by atoms with Crippen LogP contribution >= 0.6 is 0 Å². The van der Waals surface area contributed by atoms with Gasteiger partial charge in [0.2, 0.25) is 11.8 Å². The van der Waals surface area contributed by atoms with Crippen molar-refractivity contribution >= 4 is 17.5 Å². The molecule has 5 nitrogen and oxygen atoms in total. The normalized spacial score (nSPS) is 21.0. The number of rotatable bonds is 4. The average molecular weight is 329 g/mol. The lowest BCUT2D eigenvalue weighted by Crippen LogP contribution is -2.55. The lowest BCUT2D eigenvalue weighted by atomic mass is 10.1. The molecule has 1 aromatic rings. The van der Waals surface area contributed by atoms with E-state index in [9.17, 15) is 9.59 Å². The Kier molecular flexibility index (Phi) is 5.19. The van der Waals surface area contributed by atoms with Gasteiger partial charge in [-0.15, -0.1) is 0 Å². The zero-order chi connectivity index (χ0) is 17.1. The summed E-state index contributed by atoms with van der Waals surface area (Å²) in [4.78, 5) is 31.6. The third-order valence-corrected chi connectivity index (χ3v) is 5.06. The fourth-order valence-electron chi connectivity index (χ4n) is 3.78. The largest absolute Gasteiger partial charge is 0.338 e. The summed E-state index contributed by atoms with van der Waals surface area (Å²) in [6.45, 7) is 8.52. The zero-order valence-electron chi connectivity index (χ0n) is 14.7. The topological polar surface area (TPSA) is 43.9 Å². The average Bonchev–Trinajstić information content (AvgIpc) is 3.01. The van der Waals surface area contributed by atoms with Crippen molar-refractivity contribution in [1.82, 2.24) is 9.80 Å². The van der Waals surface area contributed by atoms with Crippen LogP contribution in [0.3, 0.4) is 0 Å². The van der Waals surface area contributed by atoms with Crippen LogP contribution in [0.1, 0.15) is 32.3 Å². The Balaban J connectivity index is 1.74. The predicted molar refractivity (Wildman–Crippen MR) is 95.0 cm³/mol. The van der Waals surface area contributed by atoms with Crippen LogP contribution in [0.4, 0.5) is 5.69 Å². The predicted octanol–water partition coefficient (Wildman–Crippen LogP) is 1.91. The second-order valence-corrected chi connectivity index (χ2v) is 6.63. The summed E-state index contributed by atoms with van der Waals surface area (Å²) in [6, 6.07) is 7.52. The molecule has 1 unspecified atom stereocenters. The van der Waals surface area contributed by atoms with Crippen molar-refractivity contribution in [3.8, 4) is 0 Å². The van der Waals surface area contributed by atoms with Gasteiger partial charge in [0.25, 0.3) is 0 Å². The molecule has 2 heterocycles. The van der Waals surface area contributed by atoms with Crippen LogP contribution in [-0.2, 0) is 16.0 Å². The van der Waals surface area contributed by atoms with Gasteiger partial charge in [-0.2, -0.15) is 0 Å². The van der Waals surface area contributed by atoms with Gasteiger partial charge in [0.05, 0.1) is 0 Å². The van der Waals surface area contributed by atoms with E-state index in [4.69, 9.17) is 0 Å². The Labute approximate surface area is 144 Å². The quantitative estimate of drug-likeness (QED) is 0.847. The smallest absolute Gasteiger partial charge is 0.246 e. The first-order chi connectivity index (χ1) is 11.7. The molecule has 5 heteroatoms. The van der Waals surface area contributed by atoms with Crippen molar-refractivity contribution in [2.75, 3.05) is 37.6 Å². The highest BCUT2D eigenvalue weighted by Gasteiger charge is 2.39. The molecule has 0 N–H and O–H groups in total. The van der Waals surface area contributed by atoms with E-state index in [0.29, 0.717) is 12.8 Å². The molecule has 2 amide bonds. The number of piperazine rings is 1. The van der Waals surface area contributed by atoms with E-state index in [-0.39, 0.29) is 17.9 Å². The molecular weight excluding hydrogens is 302 g/mol. The number of para-hydroxylation sites is 1. The second-order valence-electron chi connectivity index (χ2n) is 6.63. The Morgan fingerprint density at radius 1 is 1.08 bits per heavy atom. The van der Waals surface area contributed by atoms with Gasteiger partial charge in [-0.05, 0) is 24.6 Å². The maximum absolute atomic E-state index is 13.1. The molecule has 1 fully saturated rings. The molecule has 0 aromatic heterocycles. The van der Waals surface area contributed by atoms with Gasteiger partial charge in [0.15, 0.2) is 0 Å². The maximum Gasteiger partial charge on any atom is 0.246 e. The molecule has 0 radical (unpaired) electrons. The third kappa shape index (κ3) is 3.18. The summed E-state index contributed by atoms with van der Waals surface area (Å²) < 4.78 is 0. The molecule has 0 spiro atoms. The number of anilines is 1. The Hall–Kier alpha value is -1.88. The highest BCUT2D eigenvalue weighted by Crippen LogP contribution is 2.33. The Bertz CT molecular complexity index is 608. The lowest BCUT2D eigenvalue weighted by Gasteiger charge is -2.37. The Morgan fingerprint density at radius 2 is 1.79 bits per heavy atom. The molecule has 130 valence electrons. The summed E-state index contributed by atoms with van der Waals surface area (Å²) in [6.07, 6.45) is 2.20. The number of fused-ring (bicyclic) bond motifs is 1. The minimum atomic E-state index is -0.368. The Morgan fingerprint density at radius 3 is 2.46 bits per heavy atom. The number of hydrogen-bond acceptors (Lipinski definition) is 3. The number of nitrogens with zero attached hydrogens (tertiary/aromatic N) is 3. The van der Waals surface area contributed by atoms with Crippen LogP contribution in [0, 0.1) is 0 Å². The van der Waals surface area contributed by atoms with Crippen molar-refractivity contribution in [2.45, 2.75) is 39.2 Å². The molecule has 0 bridgehead atoms. The van der Waals surface area contributed by atoms with Crippen molar-refractivity contribution in [3.05, 3.63) is 29.8 Å². The van der Waals surface area contributed by atoms with E-state index >= 15 is 0 Å². The van der Waals surface area contributed by atoms with Crippen LogP contribution in [0.5, 0.6) is 0 Å².